The summed E-state index contributed by atoms with van der Waals surface area (Å²) < 4.78 is 54.2. The zero-order valence-electron chi connectivity index (χ0n) is 16.6. The highest BCUT2D eigenvalue weighted by Crippen LogP contribution is 2.30. The van der Waals surface area contributed by atoms with Gasteiger partial charge in [-0.25, -0.2) is 16.8 Å². The summed E-state index contributed by atoms with van der Waals surface area (Å²) in [5, 5.41) is 3.32. The fraction of sp³-hybridized carbons (Fsp3) is 0.684. The molecule has 0 aliphatic heterocycles. The monoisotopic (exact) mass is 417 g/mol. The van der Waals surface area contributed by atoms with Gasteiger partial charge < -0.3 is 10.1 Å². The average molecular weight is 418 g/mol. The van der Waals surface area contributed by atoms with Gasteiger partial charge in [0, 0.05) is 19.1 Å². The highest BCUT2D eigenvalue weighted by atomic mass is 32.2. The van der Waals surface area contributed by atoms with E-state index in [1.54, 1.807) is 6.07 Å². The normalized spacial score (nSPS) is 21.4. The second-order valence-corrected chi connectivity index (χ2v) is 11.8. The maximum Gasteiger partial charge on any atom is 0.177 e. The topological polar surface area (TPSA) is 89.5 Å². The van der Waals surface area contributed by atoms with Crippen LogP contribution in [-0.4, -0.2) is 48.1 Å². The SMILES string of the molecule is CC(C)CCO[C@@H]1CCCC[C@H]1Nc1ccc(S(C)(=O)=O)cc1S(C)(=O)=O. The quantitative estimate of drug-likeness (QED) is 0.698. The molecule has 0 unspecified atom stereocenters. The molecule has 1 aliphatic carbocycles. The third-order valence-electron chi connectivity index (χ3n) is 4.85. The molecule has 1 aliphatic rings. The Balaban J connectivity index is 2.25. The molecule has 0 amide bonds. The molecule has 0 saturated heterocycles. The van der Waals surface area contributed by atoms with Crippen LogP contribution in [0.4, 0.5) is 5.69 Å². The van der Waals surface area contributed by atoms with Crippen molar-refractivity contribution in [3.8, 4) is 0 Å². The zero-order valence-corrected chi connectivity index (χ0v) is 18.2. The first-order valence-electron chi connectivity index (χ1n) is 9.41. The third kappa shape index (κ3) is 6.47. The van der Waals surface area contributed by atoms with Crippen molar-refractivity contribution < 1.29 is 21.6 Å². The van der Waals surface area contributed by atoms with Gasteiger partial charge in [-0.05, 0) is 43.4 Å². The van der Waals surface area contributed by atoms with E-state index in [-0.39, 0.29) is 21.9 Å². The van der Waals surface area contributed by atoms with Gasteiger partial charge in [-0.1, -0.05) is 26.7 Å². The first-order valence-corrected chi connectivity index (χ1v) is 13.2. The first-order chi connectivity index (χ1) is 12.5. The molecule has 154 valence electrons. The van der Waals surface area contributed by atoms with Gasteiger partial charge in [-0.15, -0.1) is 0 Å². The van der Waals surface area contributed by atoms with E-state index in [0.717, 1.165) is 44.6 Å². The molecule has 6 nitrogen and oxygen atoms in total. The fourth-order valence-electron chi connectivity index (χ4n) is 3.28. The summed E-state index contributed by atoms with van der Waals surface area (Å²) in [6.07, 6.45) is 7.15. The average Bonchev–Trinajstić information content (AvgIpc) is 2.54. The van der Waals surface area contributed by atoms with Crippen LogP contribution in [0.1, 0.15) is 46.0 Å². The standard InChI is InChI=1S/C19H31NO5S2/c1-14(2)11-12-25-18-8-6-5-7-16(18)20-17-10-9-15(26(3,21)22)13-19(17)27(4,23)24/h9-10,13-14,16,18,20H,5-8,11-12H2,1-4H3/t16-,18-/m1/s1. The van der Waals surface area contributed by atoms with Crippen LogP contribution in [-0.2, 0) is 24.4 Å². The molecule has 2 atom stereocenters. The predicted molar refractivity (Wildman–Crippen MR) is 108 cm³/mol. The van der Waals surface area contributed by atoms with Crippen molar-refractivity contribution in [2.24, 2.45) is 5.92 Å². The van der Waals surface area contributed by atoms with E-state index in [1.165, 1.54) is 12.1 Å². The third-order valence-corrected chi connectivity index (χ3v) is 7.10. The molecule has 1 N–H and O–H groups in total. The van der Waals surface area contributed by atoms with Gasteiger partial charge >= 0.3 is 0 Å². The smallest absolute Gasteiger partial charge is 0.177 e. The second kappa shape index (κ2) is 8.92. The van der Waals surface area contributed by atoms with Gasteiger partial charge in [0.1, 0.15) is 0 Å². The molecule has 1 aromatic carbocycles. The number of anilines is 1. The van der Waals surface area contributed by atoms with E-state index in [2.05, 4.69) is 19.2 Å². The van der Waals surface area contributed by atoms with Gasteiger partial charge in [0.05, 0.1) is 27.6 Å². The van der Waals surface area contributed by atoms with Crippen LogP contribution in [0.5, 0.6) is 0 Å². The minimum absolute atomic E-state index is 0.00172. The molecule has 0 heterocycles. The molecule has 0 bridgehead atoms. The van der Waals surface area contributed by atoms with Gasteiger partial charge in [-0.2, -0.15) is 0 Å². The molecule has 1 saturated carbocycles. The zero-order chi connectivity index (χ0) is 20.2. The molecule has 27 heavy (non-hydrogen) atoms. The maximum atomic E-state index is 12.2. The first kappa shape index (κ1) is 22.2. The summed E-state index contributed by atoms with van der Waals surface area (Å²) in [4.78, 5) is 0.0128. The van der Waals surface area contributed by atoms with Crippen LogP contribution in [0.25, 0.3) is 0 Å². The number of ether oxygens (including phenoxy) is 1. The molecule has 0 aromatic heterocycles. The lowest BCUT2D eigenvalue weighted by atomic mass is 9.92. The van der Waals surface area contributed by atoms with Gasteiger partial charge in [-0.3, -0.25) is 0 Å². The summed E-state index contributed by atoms with van der Waals surface area (Å²) in [7, 11) is -7.06. The minimum atomic E-state index is -3.58. The number of nitrogens with one attached hydrogen (secondary N) is 1. The Kier molecular flexibility index (Phi) is 7.33. The van der Waals surface area contributed by atoms with Crippen molar-refractivity contribution in [2.45, 2.75) is 67.9 Å². The summed E-state index contributed by atoms with van der Waals surface area (Å²) in [6.45, 7) is 5.00. The fourth-order valence-corrected chi connectivity index (χ4v) is 4.86. The lowest BCUT2D eigenvalue weighted by Crippen LogP contribution is -2.39. The van der Waals surface area contributed by atoms with Crippen molar-refractivity contribution in [3.63, 3.8) is 0 Å². The Morgan fingerprint density at radius 1 is 1.07 bits per heavy atom. The predicted octanol–water partition coefficient (Wildman–Crippen LogP) is 3.28. The van der Waals surface area contributed by atoms with Crippen LogP contribution < -0.4 is 5.32 Å². The summed E-state index contributed by atoms with van der Waals surface area (Å²) in [6, 6.07) is 4.25. The number of sulfone groups is 2. The molecule has 1 fully saturated rings. The molecular weight excluding hydrogens is 386 g/mol. The van der Waals surface area contributed by atoms with E-state index >= 15 is 0 Å². The van der Waals surface area contributed by atoms with E-state index in [0.29, 0.717) is 18.2 Å². The number of benzene rings is 1. The largest absolute Gasteiger partial charge is 0.379 e. The van der Waals surface area contributed by atoms with Crippen molar-refractivity contribution in [1.29, 1.82) is 0 Å². The van der Waals surface area contributed by atoms with Crippen LogP contribution in [0.15, 0.2) is 28.0 Å². The van der Waals surface area contributed by atoms with Crippen molar-refractivity contribution in [1.82, 2.24) is 0 Å². The molecule has 8 heteroatoms. The Hall–Kier alpha value is -1.12. The van der Waals surface area contributed by atoms with Crippen LogP contribution in [0.2, 0.25) is 0 Å². The Morgan fingerprint density at radius 3 is 2.33 bits per heavy atom. The second-order valence-electron chi connectivity index (χ2n) is 7.83. The maximum absolute atomic E-state index is 12.2. The molecular formula is C19H31NO5S2. The highest BCUT2D eigenvalue weighted by Gasteiger charge is 2.28. The number of hydrogen-bond donors (Lipinski definition) is 1. The van der Waals surface area contributed by atoms with Crippen LogP contribution >= 0.6 is 0 Å². The highest BCUT2D eigenvalue weighted by molar-refractivity contribution is 7.91. The van der Waals surface area contributed by atoms with E-state index in [1.807, 2.05) is 0 Å². The number of rotatable bonds is 8. The lowest BCUT2D eigenvalue weighted by molar-refractivity contribution is 0.0149. The van der Waals surface area contributed by atoms with Crippen molar-refractivity contribution in [3.05, 3.63) is 18.2 Å². The van der Waals surface area contributed by atoms with E-state index in [4.69, 9.17) is 4.74 Å². The van der Waals surface area contributed by atoms with E-state index in [9.17, 15) is 16.8 Å². The van der Waals surface area contributed by atoms with Gasteiger partial charge in [0.15, 0.2) is 19.7 Å². The summed E-state index contributed by atoms with van der Waals surface area (Å²) in [5.41, 5.74) is 0.439. The molecule has 2 rings (SSSR count). The van der Waals surface area contributed by atoms with Crippen LogP contribution in [0, 0.1) is 5.92 Å². The Labute approximate surface area is 163 Å². The van der Waals surface area contributed by atoms with Crippen molar-refractivity contribution >= 4 is 25.4 Å². The Morgan fingerprint density at radius 2 is 1.74 bits per heavy atom. The van der Waals surface area contributed by atoms with Crippen molar-refractivity contribution in [2.75, 3.05) is 24.4 Å². The Bertz CT molecular complexity index is 847. The van der Waals surface area contributed by atoms with Gasteiger partial charge in [0.25, 0.3) is 0 Å². The lowest BCUT2D eigenvalue weighted by Gasteiger charge is -2.33. The summed E-state index contributed by atoms with van der Waals surface area (Å²) in [5.74, 6) is 0.570. The van der Waals surface area contributed by atoms with Gasteiger partial charge in [0.2, 0.25) is 0 Å². The molecule has 1 aromatic rings. The molecule has 0 spiro atoms. The molecule has 0 radical (unpaired) electrons. The summed E-state index contributed by atoms with van der Waals surface area (Å²) >= 11 is 0. The van der Waals surface area contributed by atoms with E-state index < -0.39 is 19.7 Å². The van der Waals surface area contributed by atoms with Crippen LogP contribution in [0.3, 0.4) is 0 Å². The number of hydrogen-bond acceptors (Lipinski definition) is 6. The minimum Gasteiger partial charge on any atom is -0.379 e.